The minimum absolute atomic E-state index is 0.00934. The molecule has 0 spiro atoms. The molecule has 2 aliphatic heterocycles. The zero-order chi connectivity index (χ0) is 21.5. The van der Waals surface area contributed by atoms with Crippen molar-refractivity contribution in [2.24, 2.45) is 13.0 Å². The molecular weight excluding hydrogens is 392 g/mol. The predicted octanol–water partition coefficient (Wildman–Crippen LogP) is 3.09. The highest BCUT2D eigenvalue weighted by atomic mass is 16.6. The van der Waals surface area contributed by atoms with Crippen LogP contribution in [0.1, 0.15) is 37.6 Å². The van der Waals surface area contributed by atoms with Gasteiger partial charge in [0.05, 0.1) is 5.52 Å². The Bertz CT molecular complexity index is 1150. The van der Waals surface area contributed by atoms with E-state index in [0.29, 0.717) is 36.6 Å². The smallest absolute Gasteiger partial charge is 0.277 e. The molecule has 7 nitrogen and oxygen atoms in total. The lowest BCUT2D eigenvalue weighted by atomic mass is 9.82. The summed E-state index contributed by atoms with van der Waals surface area (Å²) in [7, 11) is 1.83. The molecule has 3 aromatic rings. The van der Waals surface area contributed by atoms with Crippen LogP contribution in [0.25, 0.3) is 11.0 Å². The molecule has 31 heavy (non-hydrogen) atoms. The van der Waals surface area contributed by atoms with Gasteiger partial charge in [-0.3, -0.25) is 9.36 Å². The van der Waals surface area contributed by atoms with Crippen LogP contribution in [0.15, 0.2) is 35.3 Å². The number of ether oxygens (including phenoxy) is 2. The van der Waals surface area contributed by atoms with Crippen molar-refractivity contribution in [2.75, 3.05) is 26.3 Å². The maximum Gasteiger partial charge on any atom is 0.277 e. The van der Waals surface area contributed by atoms with Gasteiger partial charge in [0.1, 0.15) is 24.6 Å². The number of nitrogens with one attached hydrogen (secondary N) is 1. The van der Waals surface area contributed by atoms with Gasteiger partial charge >= 0.3 is 0 Å². The van der Waals surface area contributed by atoms with Crippen molar-refractivity contribution in [2.45, 2.75) is 38.6 Å². The molecule has 4 heterocycles. The van der Waals surface area contributed by atoms with Gasteiger partial charge in [-0.25, -0.2) is 4.98 Å². The monoisotopic (exact) mass is 422 g/mol. The van der Waals surface area contributed by atoms with Gasteiger partial charge in [-0.15, -0.1) is 0 Å². The number of hydrogen-bond donors (Lipinski definition) is 1. The number of fused-ring (bicyclic) bond motifs is 2. The second kappa shape index (κ2) is 8.04. The van der Waals surface area contributed by atoms with Crippen LogP contribution in [-0.4, -0.2) is 51.8 Å². The number of nitrogens with zero attached hydrogens (tertiary/aromatic N) is 3. The van der Waals surface area contributed by atoms with Crippen molar-refractivity contribution in [3.8, 4) is 11.5 Å². The van der Waals surface area contributed by atoms with E-state index in [9.17, 15) is 4.79 Å². The average molecular weight is 423 g/mol. The normalized spacial score (nSPS) is 21.7. The quantitative estimate of drug-likeness (QED) is 0.700. The summed E-state index contributed by atoms with van der Waals surface area (Å²) in [5.41, 5.74) is 2.61. The van der Waals surface area contributed by atoms with Crippen LogP contribution in [0.3, 0.4) is 0 Å². The molecule has 1 N–H and O–H groups in total. The van der Waals surface area contributed by atoms with Crippen LogP contribution in [0, 0.1) is 5.92 Å². The number of aromatic nitrogens is 3. The number of piperidine rings is 1. The molecule has 2 atom stereocenters. The van der Waals surface area contributed by atoms with Crippen LogP contribution in [0.4, 0.5) is 0 Å². The summed E-state index contributed by atoms with van der Waals surface area (Å²) in [6.07, 6.45) is 3.63. The van der Waals surface area contributed by atoms with E-state index < -0.39 is 0 Å². The molecule has 1 saturated heterocycles. The van der Waals surface area contributed by atoms with Crippen molar-refractivity contribution in [3.05, 3.63) is 52.2 Å². The highest BCUT2D eigenvalue weighted by molar-refractivity contribution is 5.73. The third-order valence-corrected chi connectivity index (χ3v) is 6.68. The fourth-order valence-electron chi connectivity index (χ4n) is 4.93. The van der Waals surface area contributed by atoms with E-state index in [0.717, 1.165) is 48.8 Å². The molecule has 164 valence electrons. The van der Waals surface area contributed by atoms with Crippen molar-refractivity contribution < 1.29 is 9.47 Å². The number of aromatic amines is 1. The SMILES string of the molecule is CC(C)N1CC(Cc2nc3cc[nH]c3c(=O)n2C)CC(c2ccc3c(c2)OCCO3)C1. The molecule has 0 saturated carbocycles. The third-order valence-electron chi connectivity index (χ3n) is 6.68. The van der Waals surface area contributed by atoms with Crippen LogP contribution in [-0.2, 0) is 13.5 Å². The highest BCUT2D eigenvalue weighted by Crippen LogP contribution is 2.38. The molecule has 2 unspecified atom stereocenters. The van der Waals surface area contributed by atoms with Gasteiger partial charge in [0, 0.05) is 38.8 Å². The first-order chi connectivity index (χ1) is 15.0. The molecule has 2 aliphatic rings. The maximum absolute atomic E-state index is 12.7. The number of likely N-dealkylation sites (tertiary alicyclic amines) is 1. The molecule has 0 radical (unpaired) electrons. The van der Waals surface area contributed by atoms with E-state index >= 15 is 0 Å². The zero-order valence-corrected chi connectivity index (χ0v) is 18.4. The lowest BCUT2D eigenvalue weighted by Crippen LogP contribution is -2.44. The van der Waals surface area contributed by atoms with Crippen LogP contribution in [0.2, 0.25) is 0 Å². The molecule has 5 rings (SSSR count). The van der Waals surface area contributed by atoms with Gasteiger partial charge in [0.15, 0.2) is 11.5 Å². The fraction of sp³-hybridized carbons (Fsp3) is 0.500. The summed E-state index contributed by atoms with van der Waals surface area (Å²) >= 11 is 0. The molecule has 0 amide bonds. The summed E-state index contributed by atoms with van der Waals surface area (Å²) in [5.74, 6) is 3.37. The summed E-state index contributed by atoms with van der Waals surface area (Å²) in [6.45, 7) is 7.75. The summed E-state index contributed by atoms with van der Waals surface area (Å²) < 4.78 is 13.2. The van der Waals surface area contributed by atoms with Crippen LogP contribution >= 0.6 is 0 Å². The minimum Gasteiger partial charge on any atom is -0.486 e. The molecular formula is C24H30N4O3. The van der Waals surface area contributed by atoms with Gasteiger partial charge in [0.25, 0.3) is 5.56 Å². The van der Waals surface area contributed by atoms with E-state index in [-0.39, 0.29) is 5.56 Å². The zero-order valence-electron chi connectivity index (χ0n) is 18.4. The summed E-state index contributed by atoms with van der Waals surface area (Å²) in [6, 6.07) is 8.71. The Morgan fingerprint density at radius 2 is 1.97 bits per heavy atom. The van der Waals surface area contributed by atoms with Crippen molar-refractivity contribution in [3.63, 3.8) is 0 Å². The maximum atomic E-state index is 12.7. The first kappa shape index (κ1) is 20.1. The van der Waals surface area contributed by atoms with Gasteiger partial charge in [-0.2, -0.15) is 0 Å². The Morgan fingerprint density at radius 1 is 1.16 bits per heavy atom. The van der Waals surface area contributed by atoms with Gasteiger partial charge in [-0.05, 0) is 55.9 Å². The topological polar surface area (TPSA) is 72.4 Å². The number of H-pyrrole nitrogens is 1. The average Bonchev–Trinajstić information content (AvgIpc) is 3.25. The van der Waals surface area contributed by atoms with E-state index in [1.165, 1.54) is 5.56 Å². The molecule has 0 aliphatic carbocycles. The van der Waals surface area contributed by atoms with Crippen molar-refractivity contribution in [1.82, 2.24) is 19.4 Å². The largest absolute Gasteiger partial charge is 0.486 e. The van der Waals surface area contributed by atoms with Crippen LogP contribution < -0.4 is 15.0 Å². The predicted molar refractivity (Wildman–Crippen MR) is 120 cm³/mol. The Kier molecular flexibility index (Phi) is 5.22. The van der Waals surface area contributed by atoms with Crippen LogP contribution in [0.5, 0.6) is 11.5 Å². The molecule has 7 heteroatoms. The first-order valence-electron chi connectivity index (χ1n) is 11.2. The Balaban J connectivity index is 1.43. The lowest BCUT2D eigenvalue weighted by molar-refractivity contribution is 0.121. The summed E-state index contributed by atoms with van der Waals surface area (Å²) in [4.78, 5) is 23.0. The van der Waals surface area contributed by atoms with E-state index in [2.05, 4.69) is 35.9 Å². The minimum atomic E-state index is -0.00934. The fourth-order valence-corrected chi connectivity index (χ4v) is 4.93. The Hall–Kier alpha value is -2.80. The second-order valence-electron chi connectivity index (χ2n) is 9.08. The van der Waals surface area contributed by atoms with Crippen molar-refractivity contribution in [1.29, 1.82) is 0 Å². The molecule has 0 bridgehead atoms. The molecule has 2 aromatic heterocycles. The molecule has 1 aromatic carbocycles. The highest BCUT2D eigenvalue weighted by Gasteiger charge is 2.31. The van der Waals surface area contributed by atoms with E-state index in [1.807, 2.05) is 19.2 Å². The van der Waals surface area contributed by atoms with Gasteiger partial charge in [0.2, 0.25) is 0 Å². The number of benzene rings is 1. The first-order valence-corrected chi connectivity index (χ1v) is 11.2. The second-order valence-corrected chi connectivity index (χ2v) is 9.08. The lowest BCUT2D eigenvalue weighted by Gasteiger charge is -2.40. The van der Waals surface area contributed by atoms with Crippen molar-refractivity contribution >= 4 is 11.0 Å². The van der Waals surface area contributed by atoms with Gasteiger partial charge < -0.3 is 19.4 Å². The van der Waals surface area contributed by atoms with Gasteiger partial charge in [-0.1, -0.05) is 6.07 Å². The number of rotatable bonds is 4. The van der Waals surface area contributed by atoms with E-state index in [4.69, 9.17) is 14.5 Å². The third kappa shape index (κ3) is 3.82. The molecule has 1 fully saturated rings. The van der Waals surface area contributed by atoms with E-state index in [1.54, 1.807) is 10.8 Å². The number of hydrogen-bond acceptors (Lipinski definition) is 5. The Morgan fingerprint density at radius 3 is 2.77 bits per heavy atom. The Labute approximate surface area is 182 Å². The summed E-state index contributed by atoms with van der Waals surface area (Å²) in [5, 5.41) is 0. The standard InChI is InChI=1S/C24H30N4O3/c1-15(2)28-13-16(11-22-26-19-6-7-25-23(19)24(29)27(22)3)10-18(14-28)17-4-5-20-21(12-17)31-9-8-30-20/h4-7,12,15-16,18,25H,8-11,13-14H2,1-3H3.